The normalized spacial score (nSPS) is 9.27. The van der Waals surface area contributed by atoms with E-state index < -0.39 is 0 Å². The molecule has 1 nitrogen and oxygen atoms in total. The lowest BCUT2D eigenvalue weighted by molar-refractivity contribution is 0.445. The van der Waals surface area contributed by atoms with Crippen molar-refractivity contribution in [1.29, 1.82) is 0 Å². The van der Waals surface area contributed by atoms with Crippen molar-refractivity contribution in [3.63, 3.8) is 0 Å². The van der Waals surface area contributed by atoms with Crippen LogP contribution in [0, 0.1) is 0 Å². The lowest BCUT2D eigenvalue weighted by atomic mass is 10.2. The fourth-order valence-corrected chi connectivity index (χ4v) is 1.05. The van der Waals surface area contributed by atoms with Crippen molar-refractivity contribution in [2.75, 3.05) is 6.54 Å². The number of hydrogen-bond donors (Lipinski definition) is 0. The molecule has 0 aromatic heterocycles. The highest BCUT2D eigenvalue weighted by atomic mass is 15.1. The monoisotopic (exact) mass is 153 g/mol. The molecule has 0 saturated heterocycles. The predicted octanol–water partition coefficient (Wildman–Crippen LogP) is 3.16. The van der Waals surface area contributed by atoms with Crippen molar-refractivity contribution in [2.45, 2.75) is 33.1 Å². The fourth-order valence-electron chi connectivity index (χ4n) is 1.05. The van der Waals surface area contributed by atoms with Gasteiger partial charge in [-0.05, 0) is 19.0 Å². The molecule has 0 fully saturated rings. The van der Waals surface area contributed by atoms with Crippen LogP contribution < -0.4 is 0 Å². The molecule has 0 N–H and O–H groups in total. The Balaban J connectivity index is 3.81. The molecule has 0 atom stereocenters. The SMILES string of the molecule is C=CN(CCC)C(=C)CCC. The van der Waals surface area contributed by atoms with E-state index in [-0.39, 0.29) is 0 Å². The Morgan fingerprint density at radius 3 is 2.36 bits per heavy atom. The van der Waals surface area contributed by atoms with Gasteiger partial charge in [-0.15, -0.1) is 0 Å². The molecule has 0 rings (SSSR count). The maximum Gasteiger partial charge on any atom is 0.0219 e. The largest absolute Gasteiger partial charge is 0.353 e. The Kier molecular flexibility index (Phi) is 5.63. The first-order chi connectivity index (χ1) is 5.26. The highest BCUT2D eigenvalue weighted by molar-refractivity contribution is 4.97. The molecule has 0 radical (unpaired) electrons. The topological polar surface area (TPSA) is 3.24 Å². The molecule has 0 aromatic rings. The van der Waals surface area contributed by atoms with Crippen LogP contribution in [0.1, 0.15) is 33.1 Å². The molecule has 0 bridgehead atoms. The summed E-state index contributed by atoms with van der Waals surface area (Å²) in [5.74, 6) is 0. The van der Waals surface area contributed by atoms with Crippen molar-refractivity contribution >= 4 is 0 Å². The molecule has 0 spiro atoms. The summed E-state index contributed by atoms with van der Waals surface area (Å²) in [4.78, 5) is 2.13. The second kappa shape index (κ2) is 6.02. The average molecular weight is 153 g/mol. The third-order valence-electron chi connectivity index (χ3n) is 1.63. The molecule has 0 aliphatic heterocycles. The summed E-state index contributed by atoms with van der Waals surface area (Å²) in [5, 5.41) is 0. The van der Waals surface area contributed by atoms with Crippen LogP contribution >= 0.6 is 0 Å². The zero-order chi connectivity index (χ0) is 8.69. The van der Waals surface area contributed by atoms with Crippen LogP contribution in [0.2, 0.25) is 0 Å². The third kappa shape index (κ3) is 3.87. The van der Waals surface area contributed by atoms with Gasteiger partial charge < -0.3 is 4.90 Å². The van der Waals surface area contributed by atoms with Crippen LogP contribution in [-0.4, -0.2) is 11.4 Å². The molecule has 11 heavy (non-hydrogen) atoms. The average Bonchev–Trinajstić information content (AvgIpc) is 2.00. The minimum absolute atomic E-state index is 1.04. The number of nitrogens with zero attached hydrogens (tertiary/aromatic N) is 1. The van der Waals surface area contributed by atoms with Gasteiger partial charge in [0.25, 0.3) is 0 Å². The summed E-state index contributed by atoms with van der Waals surface area (Å²) in [6.07, 6.45) is 5.25. The zero-order valence-corrected chi connectivity index (χ0v) is 7.77. The van der Waals surface area contributed by atoms with Crippen molar-refractivity contribution < 1.29 is 0 Å². The van der Waals surface area contributed by atoms with Crippen LogP contribution in [-0.2, 0) is 0 Å². The summed E-state index contributed by atoms with van der Waals surface area (Å²) < 4.78 is 0. The van der Waals surface area contributed by atoms with Gasteiger partial charge in [0, 0.05) is 12.2 Å². The van der Waals surface area contributed by atoms with E-state index in [4.69, 9.17) is 0 Å². The van der Waals surface area contributed by atoms with Crippen LogP contribution in [0.5, 0.6) is 0 Å². The summed E-state index contributed by atoms with van der Waals surface area (Å²) >= 11 is 0. The zero-order valence-electron chi connectivity index (χ0n) is 7.77. The first-order valence-electron chi connectivity index (χ1n) is 4.33. The van der Waals surface area contributed by atoms with E-state index in [9.17, 15) is 0 Å². The van der Waals surface area contributed by atoms with Gasteiger partial charge in [0.15, 0.2) is 0 Å². The van der Waals surface area contributed by atoms with E-state index in [0.29, 0.717) is 0 Å². The van der Waals surface area contributed by atoms with Gasteiger partial charge in [0.05, 0.1) is 0 Å². The Morgan fingerprint density at radius 2 is 2.00 bits per heavy atom. The number of rotatable bonds is 6. The van der Waals surface area contributed by atoms with E-state index in [0.717, 1.165) is 25.8 Å². The second-order valence-corrected chi connectivity index (χ2v) is 2.69. The van der Waals surface area contributed by atoms with E-state index >= 15 is 0 Å². The smallest absolute Gasteiger partial charge is 0.0219 e. The van der Waals surface area contributed by atoms with Gasteiger partial charge >= 0.3 is 0 Å². The minimum Gasteiger partial charge on any atom is -0.353 e. The lowest BCUT2D eigenvalue weighted by Crippen LogP contribution is -2.16. The summed E-state index contributed by atoms with van der Waals surface area (Å²) in [7, 11) is 0. The van der Waals surface area contributed by atoms with E-state index in [1.54, 1.807) is 0 Å². The summed E-state index contributed by atoms with van der Waals surface area (Å²) in [6, 6.07) is 0. The molecular weight excluding hydrogens is 134 g/mol. The third-order valence-corrected chi connectivity index (χ3v) is 1.63. The molecule has 64 valence electrons. The van der Waals surface area contributed by atoms with E-state index in [1.165, 1.54) is 5.70 Å². The van der Waals surface area contributed by atoms with Gasteiger partial charge in [0.1, 0.15) is 0 Å². The van der Waals surface area contributed by atoms with Crippen LogP contribution in [0.3, 0.4) is 0 Å². The van der Waals surface area contributed by atoms with Crippen LogP contribution in [0.15, 0.2) is 25.1 Å². The standard InChI is InChI=1S/C10H19N/c1-5-8-10(4)11(7-3)9-6-2/h7H,3-6,8-9H2,1-2H3. The number of allylic oxidation sites excluding steroid dienone is 1. The summed E-state index contributed by atoms with van der Waals surface area (Å²) in [6.45, 7) is 13.1. The fraction of sp³-hybridized carbons (Fsp3) is 0.600. The van der Waals surface area contributed by atoms with Crippen LogP contribution in [0.4, 0.5) is 0 Å². The van der Waals surface area contributed by atoms with Crippen molar-refractivity contribution in [1.82, 2.24) is 4.90 Å². The molecule has 0 unspecified atom stereocenters. The molecule has 0 aliphatic carbocycles. The van der Waals surface area contributed by atoms with Gasteiger partial charge in [-0.25, -0.2) is 0 Å². The Labute approximate surface area is 70.4 Å². The Hall–Kier alpha value is -0.720. The van der Waals surface area contributed by atoms with E-state index in [1.807, 2.05) is 6.20 Å². The highest BCUT2D eigenvalue weighted by Gasteiger charge is 1.99. The van der Waals surface area contributed by atoms with E-state index in [2.05, 4.69) is 31.9 Å². The Bertz CT molecular complexity index is 127. The van der Waals surface area contributed by atoms with Crippen LogP contribution in [0.25, 0.3) is 0 Å². The first-order valence-corrected chi connectivity index (χ1v) is 4.33. The second-order valence-electron chi connectivity index (χ2n) is 2.69. The van der Waals surface area contributed by atoms with Gasteiger partial charge in [-0.3, -0.25) is 0 Å². The van der Waals surface area contributed by atoms with Gasteiger partial charge in [-0.1, -0.05) is 33.4 Å². The van der Waals surface area contributed by atoms with Crippen molar-refractivity contribution in [3.8, 4) is 0 Å². The predicted molar refractivity (Wildman–Crippen MR) is 51.2 cm³/mol. The van der Waals surface area contributed by atoms with Crippen molar-refractivity contribution in [2.24, 2.45) is 0 Å². The maximum atomic E-state index is 3.99. The quantitative estimate of drug-likeness (QED) is 0.566. The van der Waals surface area contributed by atoms with Crippen molar-refractivity contribution in [3.05, 3.63) is 25.1 Å². The van der Waals surface area contributed by atoms with Gasteiger partial charge in [-0.2, -0.15) is 0 Å². The molecule has 1 heteroatoms. The Morgan fingerprint density at radius 1 is 1.36 bits per heavy atom. The maximum absolute atomic E-state index is 3.99. The molecular formula is C10H19N. The minimum atomic E-state index is 1.04. The molecule has 0 aliphatic rings. The molecule has 0 heterocycles. The summed E-state index contributed by atoms with van der Waals surface area (Å²) in [5.41, 5.74) is 1.18. The molecule has 0 saturated carbocycles. The lowest BCUT2D eigenvalue weighted by Gasteiger charge is -2.21. The van der Waals surface area contributed by atoms with Gasteiger partial charge in [0.2, 0.25) is 0 Å². The first kappa shape index (κ1) is 10.3. The highest BCUT2D eigenvalue weighted by Crippen LogP contribution is 2.09. The number of hydrogen-bond acceptors (Lipinski definition) is 1. The molecule has 0 aromatic carbocycles. The molecule has 0 amide bonds.